The first kappa shape index (κ1) is 13.1. The predicted octanol–water partition coefficient (Wildman–Crippen LogP) is 2.67. The van der Waals surface area contributed by atoms with E-state index >= 15 is 0 Å². The van der Waals surface area contributed by atoms with Crippen LogP contribution in [0.25, 0.3) is 22.0 Å². The molecule has 21 heavy (non-hydrogen) atoms. The van der Waals surface area contributed by atoms with Gasteiger partial charge in [-0.25, -0.2) is 8.78 Å². The molecule has 0 atom stereocenters. The molecule has 0 spiro atoms. The van der Waals surface area contributed by atoms with Gasteiger partial charge in [-0.1, -0.05) is 0 Å². The minimum Gasteiger partial charge on any atom is -0.366 e. The Labute approximate surface area is 118 Å². The maximum absolute atomic E-state index is 13.9. The van der Waals surface area contributed by atoms with Crippen molar-refractivity contribution in [3.8, 4) is 11.1 Å². The standard InChI is InChI=1S/C15H9F2N3O/c16-9-1-2-10(13(17)4-9)12-6-19-7-14-11(12)3-8(5-20-14)15(18)21/h1-7H,(H2,18,21). The lowest BCUT2D eigenvalue weighted by Crippen LogP contribution is -2.11. The molecule has 3 aromatic rings. The van der Waals surface area contributed by atoms with Crippen LogP contribution in [0.15, 0.2) is 42.9 Å². The van der Waals surface area contributed by atoms with Crippen molar-refractivity contribution in [1.29, 1.82) is 0 Å². The van der Waals surface area contributed by atoms with E-state index < -0.39 is 17.5 Å². The number of hydrogen-bond acceptors (Lipinski definition) is 3. The van der Waals surface area contributed by atoms with Gasteiger partial charge in [-0.15, -0.1) is 0 Å². The molecular formula is C15H9F2N3O. The Morgan fingerprint density at radius 2 is 1.86 bits per heavy atom. The minimum atomic E-state index is -0.714. The highest BCUT2D eigenvalue weighted by atomic mass is 19.1. The van der Waals surface area contributed by atoms with Gasteiger partial charge >= 0.3 is 0 Å². The second kappa shape index (κ2) is 4.90. The molecule has 1 amide bonds. The second-order valence-corrected chi connectivity index (χ2v) is 4.47. The molecule has 1 aromatic carbocycles. The van der Waals surface area contributed by atoms with Crippen LogP contribution in [0, 0.1) is 11.6 Å². The molecule has 2 N–H and O–H groups in total. The van der Waals surface area contributed by atoms with Crippen molar-refractivity contribution in [3.63, 3.8) is 0 Å². The molecule has 0 unspecified atom stereocenters. The fourth-order valence-corrected chi connectivity index (χ4v) is 2.10. The van der Waals surface area contributed by atoms with E-state index in [4.69, 9.17) is 5.73 Å². The van der Waals surface area contributed by atoms with E-state index in [2.05, 4.69) is 9.97 Å². The van der Waals surface area contributed by atoms with Gasteiger partial charge in [0.1, 0.15) is 11.6 Å². The number of fused-ring (bicyclic) bond motifs is 1. The summed E-state index contributed by atoms with van der Waals surface area (Å²) in [5.41, 5.74) is 6.51. The Morgan fingerprint density at radius 1 is 1.05 bits per heavy atom. The summed E-state index contributed by atoms with van der Waals surface area (Å²) in [6.07, 6.45) is 4.26. The molecule has 0 saturated heterocycles. The molecule has 6 heteroatoms. The van der Waals surface area contributed by atoms with Gasteiger partial charge in [0.15, 0.2) is 0 Å². The van der Waals surface area contributed by atoms with Gasteiger partial charge in [0.05, 0.1) is 17.3 Å². The first-order chi connectivity index (χ1) is 10.1. The Balaban J connectivity index is 2.31. The lowest BCUT2D eigenvalue weighted by atomic mass is 10.0. The van der Waals surface area contributed by atoms with Crippen LogP contribution in [0.4, 0.5) is 8.78 Å². The summed E-state index contributed by atoms with van der Waals surface area (Å²) in [4.78, 5) is 19.3. The molecule has 4 nitrogen and oxygen atoms in total. The van der Waals surface area contributed by atoms with Crippen molar-refractivity contribution < 1.29 is 13.6 Å². The number of primary amides is 1. The first-order valence-corrected chi connectivity index (χ1v) is 6.05. The summed E-state index contributed by atoms with van der Waals surface area (Å²) in [5, 5.41) is 0.520. The van der Waals surface area contributed by atoms with Crippen LogP contribution in [-0.4, -0.2) is 15.9 Å². The van der Waals surface area contributed by atoms with E-state index in [1.54, 1.807) is 0 Å². The first-order valence-electron chi connectivity index (χ1n) is 6.05. The second-order valence-electron chi connectivity index (χ2n) is 4.47. The van der Waals surface area contributed by atoms with Crippen LogP contribution >= 0.6 is 0 Å². The fraction of sp³-hybridized carbons (Fsp3) is 0. The summed E-state index contributed by atoms with van der Waals surface area (Å²) in [5.74, 6) is -2.01. The number of halogens is 2. The van der Waals surface area contributed by atoms with Gasteiger partial charge in [-0.2, -0.15) is 0 Å². The smallest absolute Gasteiger partial charge is 0.250 e. The minimum absolute atomic E-state index is 0.179. The van der Waals surface area contributed by atoms with Crippen molar-refractivity contribution in [3.05, 3.63) is 60.1 Å². The third-order valence-corrected chi connectivity index (χ3v) is 3.11. The number of hydrogen-bond donors (Lipinski definition) is 1. The summed E-state index contributed by atoms with van der Waals surface area (Å²) in [7, 11) is 0. The highest BCUT2D eigenvalue weighted by Gasteiger charge is 2.12. The number of pyridine rings is 2. The largest absolute Gasteiger partial charge is 0.366 e. The zero-order chi connectivity index (χ0) is 15.0. The molecular weight excluding hydrogens is 276 g/mol. The van der Waals surface area contributed by atoms with Gasteiger partial charge in [0.25, 0.3) is 0 Å². The predicted molar refractivity (Wildman–Crippen MR) is 73.4 cm³/mol. The highest BCUT2D eigenvalue weighted by molar-refractivity contribution is 6.00. The van der Waals surface area contributed by atoms with Gasteiger partial charge < -0.3 is 5.73 Å². The van der Waals surface area contributed by atoms with Crippen LogP contribution in [0.2, 0.25) is 0 Å². The van der Waals surface area contributed by atoms with Crippen molar-refractivity contribution in [2.24, 2.45) is 5.73 Å². The van der Waals surface area contributed by atoms with Crippen LogP contribution in [0.3, 0.4) is 0 Å². The molecule has 0 radical (unpaired) electrons. The fourth-order valence-electron chi connectivity index (χ4n) is 2.10. The van der Waals surface area contributed by atoms with Crippen LogP contribution in [-0.2, 0) is 0 Å². The zero-order valence-electron chi connectivity index (χ0n) is 10.7. The summed E-state index contributed by atoms with van der Waals surface area (Å²) >= 11 is 0. The Bertz CT molecular complexity index is 865. The van der Waals surface area contributed by atoms with E-state index in [0.717, 1.165) is 12.1 Å². The summed E-state index contributed by atoms with van der Waals surface area (Å²) in [6, 6.07) is 4.78. The maximum Gasteiger partial charge on any atom is 0.250 e. The molecule has 2 heterocycles. The molecule has 0 saturated carbocycles. The Kier molecular flexibility index (Phi) is 3.06. The number of nitrogens with zero attached hydrogens (tertiary/aromatic N) is 2. The van der Waals surface area contributed by atoms with Gasteiger partial charge in [-0.3, -0.25) is 14.8 Å². The molecule has 0 bridgehead atoms. The molecule has 0 aliphatic rings. The molecule has 104 valence electrons. The number of carbonyl (C=O) groups is 1. The number of aromatic nitrogens is 2. The summed E-state index contributed by atoms with van der Waals surface area (Å²) < 4.78 is 27.0. The number of nitrogens with two attached hydrogens (primary N) is 1. The van der Waals surface area contributed by atoms with Gasteiger partial charge in [0.2, 0.25) is 5.91 Å². The Hall–Kier alpha value is -2.89. The third kappa shape index (κ3) is 2.31. The topological polar surface area (TPSA) is 68.9 Å². The van der Waals surface area contributed by atoms with Gasteiger partial charge in [-0.05, 0) is 18.2 Å². The van der Waals surface area contributed by atoms with E-state index in [0.29, 0.717) is 16.5 Å². The van der Waals surface area contributed by atoms with Crippen LogP contribution < -0.4 is 5.73 Å². The highest BCUT2D eigenvalue weighted by Crippen LogP contribution is 2.29. The average molecular weight is 285 g/mol. The summed E-state index contributed by atoms with van der Waals surface area (Å²) in [6.45, 7) is 0. The van der Waals surface area contributed by atoms with Crippen LogP contribution in [0.5, 0.6) is 0 Å². The quantitative estimate of drug-likeness (QED) is 0.787. The lowest BCUT2D eigenvalue weighted by molar-refractivity contribution is 0.1000. The average Bonchev–Trinajstić information content (AvgIpc) is 2.46. The monoisotopic (exact) mass is 285 g/mol. The third-order valence-electron chi connectivity index (χ3n) is 3.11. The maximum atomic E-state index is 13.9. The van der Waals surface area contributed by atoms with Crippen molar-refractivity contribution in [1.82, 2.24) is 9.97 Å². The van der Waals surface area contributed by atoms with E-state index in [-0.39, 0.29) is 11.1 Å². The number of rotatable bonds is 2. The van der Waals surface area contributed by atoms with Gasteiger partial charge in [0, 0.05) is 35.0 Å². The molecule has 3 rings (SSSR count). The molecule has 0 aliphatic carbocycles. The molecule has 2 aromatic heterocycles. The van der Waals surface area contributed by atoms with Crippen LogP contribution in [0.1, 0.15) is 10.4 Å². The van der Waals surface area contributed by atoms with Crippen molar-refractivity contribution in [2.75, 3.05) is 0 Å². The van der Waals surface area contributed by atoms with E-state index in [1.165, 1.54) is 30.7 Å². The lowest BCUT2D eigenvalue weighted by Gasteiger charge is -2.08. The van der Waals surface area contributed by atoms with Crippen molar-refractivity contribution in [2.45, 2.75) is 0 Å². The number of benzene rings is 1. The SMILES string of the molecule is NC(=O)c1cnc2cncc(-c3ccc(F)cc3F)c2c1. The number of carbonyl (C=O) groups excluding carboxylic acids is 1. The van der Waals surface area contributed by atoms with E-state index in [9.17, 15) is 13.6 Å². The zero-order valence-corrected chi connectivity index (χ0v) is 10.7. The molecule has 0 aliphatic heterocycles. The van der Waals surface area contributed by atoms with E-state index in [1.807, 2.05) is 0 Å². The Morgan fingerprint density at radius 3 is 2.57 bits per heavy atom. The normalized spacial score (nSPS) is 10.8. The van der Waals surface area contributed by atoms with Crippen molar-refractivity contribution >= 4 is 16.8 Å². The number of amides is 1. The molecule has 0 fully saturated rings.